The Bertz CT molecular complexity index is 863. The summed E-state index contributed by atoms with van der Waals surface area (Å²) in [6.07, 6.45) is -2.85. The van der Waals surface area contributed by atoms with Gasteiger partial charge < -0.3 is 9.84 Å². The van der Waals surface area contributed by atoms with Gasteiger partial charge in [-0.15, -0.1) is 11.3 Å². The van der Waals surface area contributed by atoms with Gasteiger partial charge in [0.05, 0.1) is 0 Å². The summed E-state index contributed by atoms with van der Waals surface area (Å²) in [7, 11) is 0. The number of alkyl halides is 3. The van der Waals surface area contributed by atoms with E-state index in [4.69, 9.17) is 4.52 Å². The molecule has 0 bridgehead atoms. The fourth-order valence-corrected chi connectivity index (χ4v) is 2.55. The van der Waals surface area contributed by atoms with E-state index in [2.05, 4.69) is 25.4 Å². The van der Waals surface area contributed by atoms with Gasteiger partial charge in [0.2, 0.25) is 17.6 Å². The Morgan fingerprint density at radius 1 is 1.28 bits per heavy atom. The van der Waals surface area contributed by atoms with Gasteiger partial charge in [0.25, 0.3) is 0 Å². The second-order valence-electron chi connectivity index (χ2n) is 4.81. The van der Waals surface area contributed by atoms with Crippen molar-refractivity contribution in [3.63, 3.8) is 0 Å². The van der Waals surface area contributed by atoms with Gasteiger partial charge in [0.1, 0.15) is 5.69 Å². The number of anilines is 1. The summed E-state index contributed by atoms with van der Waals surface area (Å²) in [4.78, 5) is 23.3. The van der Waals surface area contributed by atoms with Gasteiger partial charge in [-0.2, -0.15) is 18.2 Å². The molecule has 3 aromatic rings. The lowest BCUT2D eigenvalue weighted by molar-refractivity contribution is -0.140. The molecule has 25 heavy (non-hydrogen) atoms. The molecule has 0 unspecified atom stereocenters. The van der Waals surface area contributed by atoms with E-state index in [1.165, 1.54) is 0 Å². The molecule has 0 aliphatic carbocycles. The van der Waals surface area contributed by atoms with Crippen LogP contribution in [0.25, 0.3) is 11.5 Å². The molecule has 0 radical (unpaired) electrons. The van der Waals surface area contributed by atoms with Gasteiger partial charge in [-0.25, -0.2) is 4.98 Å². The third-order valence-corrected chi connectivity index (χ3v) is 3.73. The predicted octanol–water partition coefficient (Wildman–Crippen LogP) is 3.18. The Hall–Kier alpha value is -2.82. The largest absolute Gasteiger partial charge is 0.434 e. The lowest BCUT2D eigenvalue weighted by atomic mass is 10.3. The molecule has 1 N–H and O–H groups in total. The number of rotatable bonds is 5. The number of hydrogen-bond donors (Lipinski definition) is 1. The Morgan fingerprint density at radius 2 is 2.12 bits per heavy atom. The summed E-state index contributed by atoms with van der Waals surface area (Å²) in [6, 6.07) is 5.23. The first-order valence-electron chi connectivity index (χ1n) is 6.98. The van der Waals surface area contributed by atoms with Crippen LogP contribution in [-0.2, 0) is 17.4 Å². The third-order valence-electron chi connectivity index (χ3n) is 2.97. The normalized spacial score (nSPS) is 11.5. The summed E-state index contributed by atoms with van der Waals surface area (Å²) in [5, 5.41) is 6.80. The Morgan fingerprint density at radius 3 is 2.80 bits per heavy atom. The topological polar surface area (TPSA) is 93.8 Å². The van der Waals surface area contributed by atoms with Gasteiger partial charge >= 0.3 is 6.18 Å². The fraction of sp³-hybridized carbons (Fsp3) is 0.214. The molecule has 3 heterocycles. The average Bonchev–Trinajstić information content (AvgIpc) is 3.23. The molecule has 7 nitrogen and oxygen atoms in total. The zero-order chi connectivity index (χ0) is 17.9. The minimum absolute atomic E-state index is 0.0369. The maximum atomic E-state index is 12.4. The molecule has 0 aromatic carbocycles. The standard InChI is InChI=1S/C14H10F3N5O2S/c15-14(16,17)9-7-25-13(19-9)20-10(23)4-5-11-21-12(22-24-11)8-3-1-2-6-18-8/h1-3,6-7H,4-5H2,(H,19,20,23). The molecule has 0 saturated heterocycles. The quantitative estimate of drug-likeness (QED) is 0.742. The molecule has 3 aromatic heterocycles. The van der Waals surface area contributed by atoms with Crippen LogP contribution >= 0.6 is 11.3 Å². The summed E-state index contributed by atoms with van der Waals surface area (Å²) < 4.78 is 42.4. The summed E-state index contributed by atoms with van der Waals surface area (Å²) in [5.74, 6) is 0.0253. The second-order valence-corrected chi connectivity index (χ2v) is 5.67. The van der Waals surface area contributed by atoms with E-state index >= 15 is 0 Å². The predicted molar refractivity (Wildman–Crippen MR) is 81.6 cm³/mol. The number of aromatic nitrogens is 4. The molecule has 0 atom stereocenters. The van der Waals surface area contributed by atoms with E-state index in [-0.39, 0.29) is 23.9 Å². The molecular weight excluding hydrogens is 359 g/mol. The highest BCUT2D eigenvalue weighted by atomic mass is 32.1. The van der Waals surface area contributed by atoms with Crippen molar-refractivity contribution in [3.05, 3.63) is 41.4 Å². The zero-order valence-electron chi connectivity index (χ0n) is 12.4. The molecule has 0 aliphatic heterocycles. The Labute approximate surface area is 142 Å². The number of halogens is 3. The number of carbonyl (C=O) groups is 1. The molecule has 0 spiro atoms. The van der Waals surface area contributed by atoms with E-state index in [1.807, 2.05) is 0 Å². The lowest BCUT2D eigenvalue weighted by Gasteiger charge is -2.01. The highest BCUT2D eigenvalue weighted by molar-refractivity contribution is 7.13. The van der Waals surface area contributed by atoms with E-state index in [0.717, 1.165) is 5.38 Å². The van der Waals surface area contributed by atoms with Crippen LogP contribution in [0.4, 0.5) is 18.3 Å². The molecule has 3 rings (SSSR count). The lowest BCUT2D eigenvalue weighted by Crippen LogP contribution is -2.13. The monoisotopic (exact) mass is 369 g/mol. The van der Waals surface area contributed by atoms with Gasteiger partial charge in [-0.05, 0) is 12.1 Å². The Kier molecular flexibility index (Phi) is 4.74. The molecular formula is C14H10F3N5O2S. The maximum absolute atomic E-state index is 12.4. The number of thiazole rings is 1. The molecule has 130 valence electrons. The van der Waals surface area contributed by atoms with E-state index in [9.17, 15) is 18.0 Å². The zero-order valence-corrected chi connectivity index (χ0v) is 13.3. The smallest absolute Gasteiger partial charge is 0.339 e. The Balaban J connectivity index is 1.54. The number of nitrogens with one attached hydrogen (secondary N) is 1. The van der Waals surface area contributed by atoms with Gasteiger partial charge in [-0.1, -0.05) is 11.2 Å². The van der Waals surface area contributed by atoms with Crippen LogP contribution in [0.1, 0.15) is 18.0 Å². The summed E-state index contributed by atoms with van der Waals surface area (Å²) in [5.41, 5.74) is -0.505. The van der Waals surface area contributed by atoms with Crippen LogP contribution < -0.4 is 5.32 Å². The fourth-order valence-electron chi connectivity index (χ4n) is 1.82. The average molecular weight is 369 g/mol. The van der Waals surface area contributed by atoms with Crippen molar-refractivity contribution < 1.29 is 22.5 Å². The SMILES string of the molecule is O=C(CCc1nc(-c2ccccn2)no1)Nc1nc(C(F)(F)F)cs1. The van der Waals surface area contributed by atoms with Crippen LogP contribution in [0.15, 0.2) is 34.3 Å². The first kappa shape index (κ1) is 17.0. The summed E-state index contributed by atoms with van der Waals surface area (Å²) >= 11 is 0.705. The molecule has 0 fully saturated rings. The van der Waals surface area contributed by atoms with Gasteiger partial charge in [0, 0.05) is 24.4 Å². The van der Waals surface area contributed by atoms with Crippen molar-refractivity contribution >= 4 is 22.4 Å². The van der Waals surface area contributed by atoms with Crippen molar-refractivity contribution in [2.24, 2.45) is 0 Å². The minimum atomic E-state index is -4.54. The molecule has 11 heteroatoms. The van der Waals surface area contributed by atoms with Crippen molar-refractivity contribution in [3.8, 4) is 11.5 Å². The highest BCUT2D eigenvalue weighted by Gasteiger charge is 2.33. The van der Waals surface area contributed by atoms with E-state index < -0.39 is 17.8 Å². The molecule has 1 amide bonds. The number of amides is 1. The number of hydrogen-bond acceptors (Lipinski definition) is 7. The van der Waals surface area contributed by atoms with Crippen molar-refractivity contribution in [1.29, 1.82) is 0 Å². The number of pyridine rings is 1. The van der Waals surface area contributed by atoms with E-state index in [0.29, 0.717) is 22.9 Å². The van der Waals surface area contributed by atoms with E-state index in [1.54, 1.807) is 24.4 Å². The van der Waals surface area contributed by atoms with Crippen LogP contribution in [0.2, 0.25) is 0 Å². The maximum Gasteiger partial charge on any atom is 0.434 e. The minimum Gasteiger partial charge on any atom is -0.339 e. The van der Waals surface area contributed by atoms with Crippen molar-refractivity contribution in [2.75, 3.05) is 5.32 Å². The van der Waals surface area contributed by atoms with Crippen LogP contribution in [0, 0.1) is 0 Å². The second kappa shape index (κ2) is 6.97. The van der Waals surface area contributed by atoms with Crippen molar-refractivity contribution in [2.45, 2.75) is 19.0 Å². The number of nitrogens with zero attached hydrogens (tertiary/aromatic N) is 4. The van der Waals surface area contributed by atoms with Crippen LogP contribution in [-0.4, -0.2) is 26.0 Å². The summed E-state index contributed by atoms with van der Waals surface area (Å²) in [6.45, 7) is 0. The molecule has 0 saturated carbocycles. The first-order valence-corrected chi connectivity index (χ1v) is 7.86. The van der Waals surface area contributed by atoms with Crippen LogP contribution in [0.5, 0.6) is 0 Å². The highest BCUT2D eigenvalue weighted by Crippen LogP contribution is 2.31. The molecule has 0 aliphatic rings. The van der Waals surface area contributed by atoms with Crippen molar-refractivity contribution in [1.82, 2.24) is 20.1 Å². The van der Waals surface area contributed by atoms with Crippen LogP contribution in [0.3, 0.4) is 0 Å². The van der Waals surface area contributed by atoms with Gasteiger partial charge in [-0.3, -0.25) is 9.78 Å². The number of aryl methyl sites for hydroxylation is 1. The third kappa shape index (κ3) is 4.38. The van der Waals surface area contributed by atoms with Gasteiger partial charge in [0.15, 0.2) is 10.8 Å². The number of carbonyl (C=O) groups excluding carboxylic acids is 1. The first-order chi connectivity index (χ1) is 11.9.